The summed E-state index contributed by atoms with van der Waals surface area (Å²) in [7, 11) is 0. The number of ether oxygens (including phenoxy) is 2. The normalized spacial score (nSPS) is 13.3. The van der Waals surface area contributed by atoms with Gasteiger partial charge in [-0.05, 0) is 24.3 Å². The molecule has 28 heavy (non-hydrogen) atoms. The van der Waals surface area contributed by atoms with Crippen LogP contribution in [0.2, 0.25) is 0 Å². The topological polar surface area (TPSA) is 84.9 Å². The van der Waals surface area contributed by atoms with E-state index in [1.807, 2.05) is 30.3 Å². The third-order valence-corrected chi connectivity index (χ3v) is 4.78. The first-order chi connectivity index (χ1) is 13.6. The van der Waals surface area contributed by atoms with Crippen LogP contribution in [0.15, 0.2) is 54.6 Å². The van der Waals surface area contributed by atoms with Gasteiger partial charge in [0.1, 0.15) is 11.5 Å². The summed E-state index contributed by atoms with van der Waals surface area (Å²) in [5, 5.41) is 2.64. The highest BCUT2D eigenvalue weighted by atomic mass is 32.2. The van der Waals surface area contributed by atoms with Crippen LogP contribution in [0.3, 0.4) is 0 Å². The molecule has 0 aliphatic carbocycles. The van der Waals surface area contributed by atoms with Crippen LogP contribution in [0, 0.1) is 0 Å². The lowest BCUT2D eigenvalue weighted by molar-refractivity contribution is -0.147. The van der Waals surface area contributed by atoms with Crippen molar-refractivity contribution in [3.8, 4) is 11.5 Å². The van der Waals surface area contributed by atoms with Crippen molar-refractivity contribution in [2.75, 3.05) is 30.8 Å². The molecule has 0 bridgehead atoms. The lowest BCUT2D eigenvalue weighted by Gasteiger charge is -2.13. The Morgan fingerprint density at radius 1 is 1.07 bits per heavy atom. The molecule has 2 aromatic carbocycles. The van der Waals surface area contributed by atoms with E-state index in [9.17, 15) is 14.4 Å². The second kappa shape index (κ2) is 9.80. The van der Waals surface area contributed by atoms with Crippen molar-refractivity contribution in [1.29, 1.82) is 0 Å². The Kier molecular flexibility index (Phi) is 6.91. The summed E-state index contributed by atoms with van der Waals surface area (Å²) < 4.78 is 10.7. The number of rotatable bonds is 8. The number of amides is 2. The van der Waals surface area contributed by atoms with Crippen LogP contribution < -0.4 is 10.1 Å². The van der Waals surface area contributed by atoms with Crippen LogP contribution in [0.25, 0.3) is 0 Å². The van der Waals surface area contributed by atoms with E-state index in [2.05, 4.69) is 5.32 Å². The van der Waals surface area contributed by atoms with Gasteiger partial charge in [-0.3, -0.25) is 14.4 Å². The van der Waals surface area contributed by atoms with Crippen molar-refractivity contribution in [1.82, 2.24) is 4.90 Å². The number of hydrogen-bond donors (Lipinski definition) is 1. The lowest BCUT2D eigenvalue weighted by atomic mass is 10.3. The van der Waals surface area contributed by atoms with Crippen LogP contribution in [0.1, 0.15) is 6.42 Å². The third-order valence-electron chi connectivity index (χ3n) is 3.89. The molecule has 2 aromatic rings. The largest absolute Gasteiger partial charge is 0.457 e. The minimum absolute atomic E-state index is 0.0249. The van der Waals surface area contributed by atoms with Gasteiger partial charge in [0, 0.05) is 30.6 Å². The minimum Gasteiger partial charge on any atom is -0.457 e. The lowest BCUT2D eigenvalue weighted by Crippen LogP contribution is -2.27. The second-order valence-corrected chi connectivity index (χ2v) is 7.05. The number of esters is 1. The second-order valence-electron chi connectivity index (χ2n) is 6.00. The molecule has 0 unspecified atom stereocenters. The minimum atomic E-state index is -0.513. The first-order valence-electron chi connectivity index (χ1n) is 8.80. The molecule has 0 radical (unpaired) electrons. The van der Waals surface area contributed by atoms with Crippen LogP contribution in [-0.2, 0) is 14.3 Å². The SMILES string of the molecule is O=C(COC(=O)CCN1CCSC1=O)Nc1cccc(Oc2ccccc2)c1. The molecule has 0 aromatic heterocycles. The molecule has 3 rings (SSSR count). The van der Waals surface area contributed by atoms with Crippen molar-refractivity contribution in [2.24, 2.45) is 0 Å². The molecule has 0 atom stereocenters. The van der Waals surface area contributed by atoms with Gasteiger partial charge in [-0.25, -0.2) is 0 Å². The summed E-state index contributed by atoms with van der Waals surface area (Å²) >= 11 is 1.24. The highest BCUT2D eigenvalue weighted by Gasteiger charge is 2.21. The van der Waals surface area contributed by atoms with E-state index in [-0.39, 0.29) is 18.3 Å². The van der Waals surface area contributed by atoms with E-state index in [1.165, 1.54) is 11.8 Å². The van der Waals surface area contributed by atoms with E-state index < -0.39 is 11.9 Å². The number of para-hydroxylation sites is 1. The molecule has 1 heterocycles. The van der Waals surface area contributed by atoms with Gasteiger partial charge < -0.3 is 19.7 Å². The summed E-state index contributed by atoms with van der Waals surface area (Å²) in [5.74, 6) is 1.05. The highest BCUT2D eigenvalue weighted by Crippen LogP contribution is 2.23. The van der Waals surface area contributed by atoms with Crippen molar-refractivity contribution < 1.29 is 23.9 Å². The zero-order chi connectivity index (χ0) is 19.8. The van der Waals surface area contributed by atoms with Crippen LogP contribution >= 0.6 is 11.8 Å². The van der Waals surface area contributed by atoms with Gasteiger partial charge in [0.2, 0.25) is 0 Å². The van der Waals surface area contributed by atoms with Crippen molar-refractivity contribution in [2.45, 2.75) is 6.42 Å². The standard InChI is InChI=1S/C20H20N2O5S/c23-18(14-26-19(24)9-10-22-11-12-28-20(22)25)21-15-5-4-8-17(13-15)27-16-6-2-1-3-7-16/h1-8,13H,9-12,14H2,(H,21,23). The fourth-order valence-electron chi connectivity index (χ4n) is 2.53. The van der Waals surface area contributed by atoms with E-state index in [4.69, 9.17) is 9.47 Å². The first kappa shape index (κ1) is 19.8. The number of nitrogens with one attached hydrogen (secondary N) is 1. The number of benzene rings is 2. The number of anilines is 1. The number of nitrogens with zero attached hydrogens (tertiary/aromatic N) is 1. The smallest absolute Gasteiger partial charge is 0.308 e. The molecule has 7 nitrogen and oxygen atoms in total. The average molecular weight is 400 g/mol. The Hall–Kier alpha value is -3.00. The zero-order valence-corrected chi connectivity index (χ0v) is 15.9. The van der Waals surface area contributed by atoms with Crippen LogP contribution in [0.5, 0.6) is 11.5 Å². The van der Waals surface area contributed by atoms with Crippen molar-refractivity contribution >= 4 is 34.6 Å². The first-order valence-corrected chi connectivity index (χ1v) is 9.79. The maximum absolute atomic E-state index is 12.0. The molecular weight excluding hydrogens is 380 g/mol. The maximum atomic E-state index is 12.0. The van der Waals surface area contributed by atoms with Crippen LogP contribution in [0.4, 0.5) is 10.5 Å². The maximum Gasteiger partial charge on any atom is 0.308 e. The van der Waals surface area contributed by atoms with Crippen molar-refractivity contribution in [3.05, 3.63) is 54.6 Å². The summed E-state index contributed by atoms with van der Waals surface area (Å²) in [5.41, 5.74) is 0.536. The van der Waals surface area contributed by atoms with E-state index in [1.54, 1.807) is 29.2 Å². The molecule has 0 spiro atoms. The van der Waals surface area contributed by atoms with Gasteiger partial charge in [0.15, 0.2) is 6.61 Å². The summed E-state index contributed by atoms with van der Waals surface area (Å²) in [6, 6.07) is 16.2. The predicted octanol–water partition coefficient (Wildman–Crippen LogP) is 3.52. The monoisotopic (exact) mass is 400 g/mol. The fraction of sp³-hybridized carbons (Fsp3) is 0.250. The number of thioether (sulfide) groups is 1. The molecule has 1 saturated heterocycles. The van der Waals surface area contributed by atoms with Gasteiger partial charge in [-0.2, -0.15) is 0 Å². The molecule has 2 amide bonds. The number of hydrogen-bond acceptors (Lipinski definition) is 6. The van der Waals surface area contributed by atoms with Crippen LogP contribution in [-0.4, -0.2) is 47.5 Å². The Morgan fingerprint density at radius 3 is 2.61 bits per heavy atom. The van der Waals surface area contributed by atoms with Gasteiger partial charge >= 0.3 is 5.97 Å². The number of carbonyl (C=O) groups is 3. The third kappa shape index (κ3) is 6.02. The van der Waals surface area contributed by atoms with E-state index >= 15 is 0 Å². The Balaban J connectivity index is 1.42. The Labute approximate surface area is 167 Å². The number of carbonyl (C=O) groups excluding carboxylic acids is 3. The molecule has 1 aliphatic heterocycles. The highest BCUT2D eigenvalue weighted by molar-refractivity contribution is 8.13. The molecule has 1 aliphatic rings. The van der Waals surface area contributed by atoms with Crippen molar-refractivity contribution in [3.63, 3.8) is 0 Å². The molecule has 146 valence electrons. The molecular formula is C20H20N2O5S. The quantitative estimate of drug-likeness (QED) is 0.683. The molecule has 8 heteroatoms. The van der Waals surface area contributed by atoms with Gasteiger partial charge in [0.25, 0.3) is 11.1 Å². The zero-order valence-electron chi connectivity index (χ0n) is 15.1. The summed E-state index contributed by atoms with van der Waals surface area (Å²) in [6.07, 6.45) is 0.0694. The average Bonchev–Trinajstić information content (AvgIpc) is 3.11. The fourth-order valence-corrected chi connectivity index (χ4v) is 3.38. The van der Waals surface area contributed by atoms with E-state index in [0.29, 0.717) is 30.3 Å². The predicted molar refractivity (Wildman–Crippen MR) is 107 cm³/mol. The van der Waals surface area contributed by atoms with Gasteiger partial charge in [0.05, 0.1) is 6.42 Å². The Morgan fingerprint density at radius 2 is 1.86 bits per heavy atom. The molecule has 1 N–H and O–H groups in total. The molecule has 1 fully saturated rings. The summed E-state index contributed by atoms with van der Waals surface area (Å²) in [4.78, 5) is 36.8. The van der Waals surface area contributed by atoms with E-state index in [0.717, 1.165) is 5.75 Å². The van der Waals surface area contributed by atoms with Gasteiger partial charge in [-0.15, -0.1) is 0 Å². The summed E-state index contributed by atoms with van der Waals surface area (Å²) in [6.45, 7) is 0.565. The van der Waals surface area contributed by atoms with Gasteiger partial charge in [-0.1, -0.05) is 36.0 Å². The Bertz CT molecular complexity index is 843. The molecule has 0 saturated carbocycles.